The summed E-state index contributed by atoms with van der Waals surface area (Å²) in [5.74, 6) is -3.04. The van der Waals surface area contributed by atoms with Crippen LogP contribution in [-0.4, -0.2) is 39.4 Å². The summed E-state index contributed by atoms with van der Waals surface area (Å²) in [6, 6.07) is 3.72. The van der Waals surface area contributed by atoms with E-state index in [1.165, 1.54) is 26.0 Å². The van der Waals surface area contributed by atoms with Crippen molar-refractivity contribution in [2.75, 3.05) is 11.9 Å². The van der Waals surface area contributed by atoms with Crippen LogP contribution in [0, 0.1) is 5.82 Å². The van der Waals surface area contributed by atoms with Gasteiger partial charge < -0.3 is 20.3 Å². The van der Waals surface area contributed by atoms with E-state index in [0.717, 1.165) is 6.07 Å². The van der Waals surface area contributed by atoms with Gasteiger partial charge in [0.15, 0.2) is 0 Å². The molecule has 0 atom stereocenters. The lowest BCUT2D eigenvalue weighted by molar-refractivity contribution is -0.118. The number of fused-ring (bicyclic) bond motifs is 1. The first-order valence-corrected chi connectivity index (χ1v) is 9.97. The fraction of sp³-hybridized carbons (Fsp3) is 0.350. The standard InChI is InChI=1S/C20H20Cl2FN3O4/c1-20(2,30)9-24-19(29)17(27)16-15(22)14(13-4-3-7-26(13)16)18(28)25-10-5-6-12(23)11(21)8-10/h5-6,8,30H,3-4,7,9H2,1-2H3,(H,24,29)(H,25,28). The maximum absolute atomic E-state index is 13.3. The van der Waals surface area contributed by atoms with E-state index < -0.39 is 29.0 Å². The van der Waals surface area contributed by atoms with Gasteiger partial charge in [-0.15, -0.1) is 0 Å². The monoisotopic (exact) mass is 455 g/mol. The van der Waals surface area contributed by atoms with Crippen LogP contribution in [0.5, 0.6) is 0 Å². The van der Waals surface area contributed by atoms with Gasteiger partial charge in [0.1, 0.15) is 11.5 Å². The van der Waals surface area contributed by atoms with Gasteiger partial charge in [0.05, 0.1) is 21.2 Å². The van der Waals surface area contributed by atoms with Crippen molar-refractivity contribution in [2.24, 2.45) is 0 Å². The Labute approximate surface area is 182 Å². The molecule has 0 aliphatic carbocycles. The maximum atomic E-state index is 13.3. The lowest BCUT2D eigenvalue weighted by Crippen LogP contribution is -2.41. The molecule has 2 aromatic rings. The van der Waals surface area contributed by atoms with Gasteiger partial charge in [-0.3, -0.25) is 14.4 Å². The predicted octanol–water partition coefficient (Wildman–Crippen LogP) is 3.20. The normalized spacial score (nSPS) is 13.1. The second kappa shape index (κ2) is 8.37. The molecule has 3 N–H and O–H groups in total. The van der Waals surface area contributed by atoms with Crippen molar-refractivity contribution in [1.82, 2.24) is 9.88 Å². The summed E-state index contributed by atoms with van der Waals surface area (Å²) in [5.41, 5.74) is -0.365. The number of halogens is 3. The number of Topliss-reactive ketones (excluding diaryl/α,β-unsaturated/α-hetero) is 1. The largest absolute Gasteiger partial charge is 0.389 e. The van der Waals surface area contributed by atoms with E-state index in [2.05, 4.69) is 10.6 Å². The third-order valence-corrected chi connectivity index (χ3v) is 5.27. The quantitative estimate of drug-likeness (QED) is 0.459. The Kier molecular flexibility index (Phi) is 6.21. The van der Waals surface area contributed by atoms with Crippen molar-refractivity contribution in [3.05, 3.63) is 51.0 Å². The highest BCUT2D eigenvalue weighted by molar-refractivity contribution is 6.48. The Balaban J connectivity index is 1.90. The summed E-state index contributed by atoms with van der Waals surface area (Å²) < 4.78 is 14.9. The SMILES string of the molecule is CC(C)(O)CNC(=O)C(=O)c1c(Cl)c(C(=O)Nc2ccc(F)c(Cl)c2)c2n1CCC2. The van der Waals surface area contributed by atoms with Crippen LogP contribution in [0.2, 0.25) is 10.0 Å². The number of hydrogen-bond donors (Lipinski definition) is 3. The lowest BCUT2D eigenvalue weighted by Gasteiger charge is -2.17. The third-order valence-electron chi connectivity index (χ3n) is 4.61. The minimum Gasteiger partial charge on any atom is -0.389 e. The lowest BCUT2D eigenvalue weighted by atomic mass is 10.1. The first-order chi connectivity index (χ1) is 14.0. The Hall–Kier alpha value is -2.42. The van der Waals surface area contributed by atoms with Gasteiger partial charge in [-0.2, -0.15) is 0 Å². The summed E-state index contributed by atoms with van der Waals surface area (Å²) >= 11 is 12.1. The molecule has 160 valence electrons. The first kappa shape index (κ1) is 22.3. The predicted molar refractivity (Wildman–Crippen MR) is 111 cm³/mol. The van der Waals surface area contributed by atoms with Gasteiger partial charge in [-0.1, -0.05) is 23.2 Å². The smallest absolute Gasteiger partial charge is 0.294 e. The molecule has 10 heteroatoms. The molecule has 0 bridgehead atoms. The molecule has 0 saturated heterocycles. The molecule has 0 saturated carbocycles. The topological polar surface area (TPSA) is 100 Å². The second-order valence-electron chi connectivity index (χ2n) is 7.65. The van der Waals surface area contributed by atoms with Crippen LogP contribution >= 0.6 is 23.2 Å². The molecule has 2 amide bonds. The average Bonchev–Trinajstić information content (AvgIpc) is 3.21. The molecule has 1 aliphatic rings. The number of nitrogens with one attached hydrogen (secondary N) is 2. The van der Waals surface area contributed by atoms with Crippen LogP contribution in [0.15, 0.2) is 18.2 Å². The van der Waals surface area contributed by atoms with Crippen LogP contribution in [0.4, 0.5) is 10.1 Å². The number of hydrogen-bond acceptors (Lipinski definition) is 4. The van der Waals surface area contributed by atoms with Gasteiger partial charge in [-0.25, -0.2) is 4.39 Å². The number of carbonyl (C=O) groups is 3. The average molecular weight is 456 g/mol. The van der Waals surface area contributed by atoms with E-state index in [1.807, 2.05) is 0 Å². The molecule has 1 aromatic heterocycles. The molecule has 0 fully saturated rings. The minimum absolute atomic E-state index is 0.0697. The van der Waals surface area contributed by atoms with Gasteiger partial charge in [0, 0.05) is 24.5 Å². The van der Waals surface area contributed by atoms with Gasteiger partial charge >= 0.3 is 0 Å². The highest BCUT2D eigenvalue weighted by atomic mass is 35.5. The van der Waals surface area contributed by atoms with Crippen LogP contribution < -0.4 is 10.6 Å². The van der Waals surface area contributed by atoms with Crippen LogP contribution in [0.3, 0.4) is 0 Å². The summed E-state index contributed by atoms with van der Waals surface area (Å²) in [6.07, 6.45) is 1.19. The number of ketones is 1. The maximum Gasteiger partial charge on any atom is 0.294 e. The zero-order valence-electron chi connectivity index (χ0n) is 16.3. The van der Waals surface area contributed by atoms with Gasteiger partial charge in [0.2, 0.25) is 0 Å². The van der Waals surface area contributed by atoms with Crippen molar-refractivity contribution < 1.29 is 23.9 Å². The van der Waals surface area contributed by atoms with Crippen molar-refractivity contribution in [2.45, 2.75) is 38.8 Å². The Bertz CT molecular complexity index is 1040. The zero-order valence-corrected chi connectivity index (χ0v) is 17.8. The molecular formula is C20H20Cl2FN3O4. The summed E-state index contributed by atoms with van der Waals surface area (Å²) in [6.45, 7) is 3.29. The molecule has 1 aromatic carbocycles. The highest BCUT2D eigenvalue weighted by Crippen LogP contribution is 2.34. The summed E-state index contributed by atoms with van der Waals surface area (Å²) in [5, 5.41) is 14.4. The summed E-state index contributed by atoms with van der Waals surface area (Å²) in [4.78, 5) is 37.9. The van der Waals surface area contributed by atoms with E-state index >= 15 is 0 Å². The molecular weight excluding hydrogens is 436 g/mol. The number of anilines is 1. The number of aromatic nitrogens is 1. The number of benzene rings is 1. The molecule has 0 radical (unpaired) electrons. The fourth-order valence-corrected chi connectivity index (χ4v) is 3.81. The number of nitrogens with zero attached hydrogens (tertiary/aromatic N) is 1. The Morgan fingerprint density at radius 3 is 2.60 bits per heavy atom. The summed E-state index contributed by atoms with van der Waals surface area (Å²) in [7, 11) is 0. The van der Waals surface area contributed by atoms with Crippen molar-refractivity contribution >= 4 is 46.5 Å². The fourth-order valence-electron chi connectivity index (χ4n) is 3.25. The molecule has 0 spiro atoms. The molecule has 0 unspecified atom stereocenters. The highest BCUT2D eigenvalue weighted by Gasteiger charge is 2.34. The molecule has 7 nitrogen and oxygen atoms in total. The number of aliphatic hydroxyl groups is 1. The first-order valence-electron chi connectivity index (χ1n) is 9.22. The van der Waals surface area contributed by atoms with Gasteiger partial charge in [-0.05, 0) is 44.9 Å². The molecule has 1 aliphatic heterocycles. The van der Waals surface area contributed by atoms with Gasteiger partial charge in [0.25, 0.3) is 17.6 Å². The van der Waals surface area contributed by atoms with E-state index in [0.29, 0.717) is 25.1 Å². The minimum atomic E-state index is -1.19. The van der Waals surface area contributed by atoms with Crippen molar-refractivity contribution in [3.8, 4) is 0 Å². The van der Waals surface area contributed by atoms with E-state index in [9.17, 15) is 23.9 Å². The molecule has 3 rings (SSSR count). The van der Waals surface area contributed by atoms with E-state index in [4.69, 9.17) is 23.2 Å². The Morgan fingerprint density at radius 1 is 1.27 bits per heavy atom. The Morgan fingerprint density at radius 2 is 1.97 bits per heavy atom. The van der Waals surface area contributed by atoms with Crippen LogP contribution in [-0.2, 0) is 17.8 Å². The zero-order chi connectivity index (χ0) is 22.2. The number of amides is 2. The van der Waals surface area contributed by atoms with E-state index in [-0.39, 0.29) is 33.5 Å². The number of rotatable bonds is 6. The van der Waals surface area contributed by atoms with Crippen LogP contribution in [0.25, 0.3) is 0 Å². The molecule has 2 heterocycles. The van der Waals surface area contributed by atoms with E-state index in [1.54, 1.807) is 4.57 Å². The second-order valence-corrected chi connectivity index (χ2v) is 8.43. The van der Waals surface area contributed by atoms with Crippen molar-refractivity contribution in [1.29, 1.82) is 0 Å². The third kappa shape index (κ3) is 4.50. The van der Waals surface area contributed by atoms with Crippen molar-refractivity contribution in [3.63, 3.8) is 0 Å². The van der Waals surface area contributed by atoms with Crippen LogP contribution in [0.1, 0.15) is 46.8 Å². The number of carbonyl (C=O) groups excluding carboxylic acids is 3. The molecule has 30 heavy (non-hydrogen) atoms.